The number of ether oxygens (including phenoxy) is 1. The molecular weight excluding hydrogens is 358 g/mol. The van der Waals surface area contributed by atoms with Crippen molar-refractivity contribution in [2.24, 2.45) is 0 Å². The molecule has 0 saturated heterocycles. The van der Waals surface area contributed by atoms with Crippen molar-refractivity contribution >= 4 is 29.7 Å². The molecule has 0 saturated carbocycles. The highest BCUT2D eigenvalue weighted by molar-refractivity contribution is 6.04. The molecule has 0 aliphatic heterocycles. The Labute approximate surface area is 161 Å². The van der Waals surface area contributed by atoms with Gasteiger partial charge >= 0.3 is 6.09 Å². The van der Waals surface area contributed by atoms with E-state index >= 15 is 0 Å². The predicted octanol–water partition coefficient (Wildman–Crippen LogP) is 3.78. The lowest BCUT2D eigenvalue weighted by Gasteiger charge is -2.16. The van der Waals surface area contributed by atoms with E-state index < -0.39 is 6.09 Å². The van der Waals surface area contributed by atoms with Gasteiger partial charge in [-0.15, -0.1) is 0 Å². The predicted molar refractivity (Wildman–Crippen MR) is 105 cm³/mol. The van der Waals surface area contributed by atoms with E-state index in [9.17, 15) is 14.4 Å². The molecule has 28 heavy (non-hydrogen) atoms. The van der Waals surface area contributed by atoms with Crippen LogP contribution in [0.2, 0.25) is 0 Å². The maximum Gasteiger partial charge on any atom is 0.420 e. The van der Waals surface area contributed by atoms with Gasteiger partial charge in [0, 0.05) is 29.9 Å². The van der Waals surface area contributed by atoms with Gasteiger partial charge in [0.25, 0.3) is 5.91 Å². The Balaban J connectivity index is 1.60. The van der Waals surface area contributed by atoms with Gasteiger partial charge in [0.05, 0.1) is 11.9 Å². The van der Waals surface area contributed by atoms with E-state index in [4.69, 9.17) is 4.74 Å². The zero-order valence-corrected chi connectivity index (χ0v) is 15.0. The van der Waals surface area contributed by atoms with Crippen LogP contribution in [0.3, 0.4) is 0 Å². The molecule has 7 heteroatoms. The van der Waals surface area contributed by atoms with Gasteiger partial charge in [0.2, 0.25) is 5.88 Å². The van der Waals surface area contributed by atoms with E-state index in [0.29, 0.717) is 28.8 Å². The summed E-state index contributed by atoms with van der Waals surface area (Å²) in [4.78, 5) is 40.4. The minimum absolute atomic E-state index is 0.112. The Morgan fingerprint density at radius 3 is 2.32 bits per heavy atom. The average Bonchev–Trinajstić information content (AvgIpc) is 2.75. The third-order valence-corrected chi connectivity index (χ3v) is 3.91. The van der Waals surface area contributed by atoms with Crippen LogP contribution in [0.5, 0.6) is 5.88 Å². The Bertz CT molecular complexity index is 971. The molecule has 2 amide bonds. The molecule has 2 aromatic carbocycles. The van der Waals surface area contributed by atoms with Gasteiger partial charge in [-0.2, -0.15) is 0 Å². The van der Waals surface area contributed by atoms with Crippen molar-refractivity contribution in [2.45, 2.75) is 0 Å². The highest BCUT2D eigenvalue weighted by Crippen LogP contribution is 2.16. The van der Waals surface area contributed by atoms with Crippen molar-refractivity contribution in [3.63, 3.8) is 0 Å². The summed E-state index contributed by atoms with van der Waals surface area (Å²) in [5, 5.41) is 2.68. The molecule has 0 unspecified atom stereocenters. The number of para-hydroxylation sites is 1. The second kappa shape index (κ2) is 8.59. The largest absolute Gasteiger partial charge is 0.420 e. The number of amides is 2. The molecule has 7 nitrogen and oxygen atoms in total. The van der Waals surface area contributed by atoms with Crippen LogP contribution < -0.4 is 15.0 Å². The summed E-state index contributed by atoms with van der Waals surface area (Å²) in [7, 11) is 1.60. The SMILES string of the molecule is CN(C(=O)Oc1ccc(NC(=O)c2ccc(C=O)cc2)cn1)c1ccccc1. The lowest BCUT2D eigenvalue weighted by molar-refractivity contribution is 0.102. The summed E-state index contributed by atoms with van der Waals surface area (Å²) in [5.41, 5.74) is 2.04. The summed E-state index contributed by atoms with van der Waals surface area (Å²) in [5.74, 6) is -0.228. The van der Waals surface area contributed by atoms with E-state index in [-0.39, 0.29) is 11.8 Å². The molecule has 140 valence electrons. The fraction of sp³-hybridized carbons (Fsp3) is 0.0476. The Kier molecular flexibility index (Phi) is 5.76. The Hall–Kier alpha value is -4.00. The maximum atomic E-state index is 12.2. The normalized spacial score (nSPS) is 10.0. The number of nitrogens with zero attached hydrogens (tertiary/aromatic N) is 2. The minimum atomic E-state index is -0.578. The van der Waals surface area contributed by atoms with Crippen LogP contribution in [0.25, 0.3) is 0 Å². The van der Waals surface area contributed by atoms with Crippen molar-refractivity contribution in [1.29, 1.82) is 0 Å². The molecule has 1 N–H and O–H groups in total. The first-order valence-electron chi connectivity index (χ1n) is 8.40. The molecule has 0 spiro atoms. The van der Waals surface area contributed by atoms with Crippen LogP contribution in [0.1, 0.15) is 20.7 Å². The summed E-state index contributed by atoms with van der Waals surface area (Å²) >= 11 is 0. The molecular formula is C21H17N3O4. The van der Waals surface area contributed by atoms with Crippen molar-refractivity contribution < 1.29 is 19.1 Å². The van der Waals surface area contributed by atoms with Crippen LogP contribution in [0.4, 0.5) is 16.2 Å². The van der Waals surface area contributed by atoms with Gasteiger partial charge < -0.3 is 10.1 Å². The molecule has 0 fully saturated rings. The number of rotatable bonds is 5. The summed E-state index contributed by atoms with van der Waals surface area (Å²) < 4.78 is 5.23. The number of benzene rings is 2. The minimum Gasteiger partial charge on any atom is -0.391 e. The number of carbonyl (C=O) groups is 3. The Morgan fingerprint density at radius 2 is 1.71 bits per heavy atom. The van der Waals surface area contributed by atoms with Crippen LogP contribution >= 0.6 is 0 Å². The van der Waals surface area contributed by atoms with Gasteiger partial charge in [-0.3, -0.25) is 14.5 Å². The number of aldehydes is 1. The average molecular weight is 375 g/mol. The second-order valence-corrected chi connectivity index (χ2v) is 5.84. The van der Waals surface area contributed by atoms with Crippen LogP contribution in [0.15, 0.2) is 72.9 Å². The Morgan fingerprint density at radius 1 is 1.00 bits per heavy atom. The van der Waals surface area contributed by atoms with Gasteiger partial charge in [0.15, 0.2) is 0 Å². The number of hydrogen-bond donors (Lipinski definition) is 1. The third-order valence-electron chi connectivity index (χ3n) is 3.91. The topological polar surface area (TPSA) is 88.6 Å². The fourth-order valence-corrected chi connectivity index (χ4v) is 2.35. The van der Waals surface area contributed by atoms with Crippen molar-refractivity contribution in [3.8, 4) is 5.88 Å². The fourth-order valence-electron chi connectivity index (χ4n) is 2.35. The monoisotopic (exact) mass is 375 g/mol. The van der Waals surface area contributed by atoms with Crippen LogP contribution in [0, 0.1) is 0 Å². The molecule has 1 heterocycles. The zero-order chi connectivity index (χ0) is 19.9. The van der Waals surface area contributed by atoms with Crippen molar-refractivity contribution in [1.82, 2.24) is 4.98 Å². The van der Waals surface area contributed by atoms with Crippen LogP contribution in [-0.2, 0) is 0 Å². The number of hydrogen-bond acceptors (Lipinski definition) is 5. The van der Waals surface area contributed by atoms with E-state index in [1.807, 2.05) is 18.2 Å². The van der Waals surface area contributed by atoms with E-state index in [2.05, 4.69) is 10.3 Å². The standard InChI is InChI=1S/C21H17N3O4/c1-24(18-5-3-2-4-6-18)21(27)28-19-12-11-17(13-22-19)23-20(26)16-9-7-15(14-25)8-10-16/h2-14H,1H3,(H,23,26). The number of anilines is 2. The number of carbonyl (C=O) groups excluding carboxylic acids is 3. The number of nitrogens with one attached hydrogen (secondary N) is 1. The lowest BCUT2D eigenvalue weighted by atomic mass is 10.1. The first-order chi connectivity index (χ1) is 13.6. The van der Waals surface area contributed by atoms with Crippen molar-refractivity contribution in [3.05, 3.63) is 84.1 Å². The lowest BCUT2D eigenvalue weighted by Crippen LogP contribution is -2.29. The molecule has 0 aliphatic carbocycles. The molecule has 1 aromatic heterocycles. The number of aromatic nitrogens is 1. The number of pyridine rings is 1. The van der Waals surface area contributed by atoms with Gasteiger partial charge in [-0.05, 0) is 30.3 Å². The summed E-state index contributed by atoms with van der Waals surface area (Å²) in [6.45, 7) is 0. The molecule has 0 bridgehead atoms. The zero-order valence-electron chi connectivity index (χ0n) is 15.0. The highest BCUT2D eigenvalue weighted by Gasteiger charge is 2.14. The van der Waals surface area contributed by atoms with Gasteiger partial charge in [-0.25, -0.2) is 9.78 Å². The van der Waals surface area contributed by atoms with E-state index in [1.165, 1.54) is 17.2 Å². The quantitative estimate of drug-likeness (QED) is 0.686. The third kappa shape index (κ3) is 4.59. The molecule has 0 radical (unpaired) electrons. The van der Waals surface area contributed by atoms with Crippen LogP contribution in [-0.4, -0.2) is 30.3 Å². The first kappa shape index (κ1) is 18.8. The van der Waals surface area contributed by atoms with Crippen molar-refractivity contribution in [2.75, 3.05) is 17.3 Å². The van der Waals surface area contributed by atoms with Gasteiger partial charge in [0.1, 0.15) is 6.29 Å². The summed E-state index contributed by atoms with van der Waals surface area (Å²) in [6.07, 6.45) is 1.52. The van der Waals surface area contributed by atoms with E-state index in [1.54, 1.807) is 49.5 Å². The first-order valence-corrected chi connectivity index (χ1v) is 8.40. The highest BCUT2D eigenvalue weighted by atomic mass is 16.6. The summed E-state index contributed by atoms with van der Waals surface area (Å²) in [6, 6.07) is 18.4. The molecule has 3 rings (SSSR count). The molecule has 0 aliphatic rings. The van der Waals surface area contributed by atoms with E-state index in [0.717, 1.165) is 0 Å². The smallest absolute Gasteiger partial charge is 0.391 e. The van der Waals surface area contributed by atoms with Gasteiger partial charge in [-0.1, -0.05) is 30.3 Å². The maximum absolute atomic E-state index is 12.2. The molecule has 3 aromatic rings. The molecule has 0 atom stereocenters. The second-order valence-electron chi connectivity index (χ2n) is 5.84.